The SMILES string of the molecule is COc1cc(C)c(C)cc1C(=O)NCCN1CCOCC1. The van der Waals surface area contributed by atoms with Crippen molar-refractivity contribution in [3.8, 4) is 5.75 Å². The van der Waals surface area contributed by atoms with Crippen LogP contribution in [0.1, 0.15) is 21.5 Å². The first-order chi connectivity index (χ1) is 10.1. The summed E-state index contributed by atoms with van der Waals surface area (Å²) in [6, 6.07) is 3.80. The maximum absolute atomic E-state index is 12.3. The number of hydrogen-bond acceptors (Lipinski definition) is 4. The van der Waals surface area contributed by atoms with Crippen LogP contribution in [0.25, 0.3) is 0 Å². The first-order valence-electron chi connectivity index (χ1n) is 7.35. The number of aryl methyl sites for hydroxylation is 2. The smallest absolute Gasteiger partial charge is 0.255 e. The minimum Gasteiger partial charge on any atom is -0.496 e. The molecule has 1 aliphatic rings. The molecule has 5 heteroatoms. The summed E-state index contributed by atoms with van der Waals surface area (Å²) in [6.45, 7) is 8.91. The highest BCUT2D eigenvalue weighted by Gasteiger charge is 2.15. The average Bonchev–Trinajstić information content (AvgIpc) is 2.50. The normalized spacial score (nSPS) is 15.8. The Morgan fingerprint density at radius 3 is 2.62 bits per heavy atom. The van der Waals surface area contributed by atoms with Gasteiger partial charge in [-0.2, -0.15) is 0 Å². The van der Waals surface area contributed by atoms with E-state index in [9.17, 15) is 4.79 Å². The molecule has 0 spiro atoms. The first kappa shape index (κ1) is 15.8. The minimum absolute atomic E-state index is 0.0804. The number of morpholine rings is 1. The van der Waals surface area contributed by atoms with E-state index in [0.717, 1.165) is 44.0 Å². The van der Waals surface area contributed by atoms with Crippen molar-refractivity contribution < 1.29 is 14.3 Å². The van der Waals surface area contributed by atoms with Crippen molar-refractivity contribution in [2.24, 2.45) is 0 Å². The second-order valence-electron chi connectivity index (χ2n) is 5.35. The quantitative estimate of drug-likeness (QED) is 0.890. The van der Waals surface area contributed by atoms with Crippen LogP contribution >= 0.6 is 0 Å². The molecule has 1 aromatic carbocycles. The van der Waals surface area contributed by atoms with Crippen LogP contribution in [0.3, 0.4) is 0 Å². The van der Waals surface area contributed by atoms with Crippen LogP contribution in [0.4, 0.5) is 0 Å². The maximum atomic E-state index is 12.3. The van der Waals surface area contributed by atoms with Gasteiger partial charge in [0.1, 0.15) is 5.75 Å². The summed E-state index contributed by atoms with van der Waals surface area (Å²) in [5.41, 5.74) is 2.81. The molecule has 1 N–H and O–H groups in total. The van der Waals surface area contributed by atoms with E-state index in [4.69, 9.17) is 9.47 Å². The van der Waals surface area contributed by atoms with Crippen molar-refractivity contribution in [1.82, 2.24) is 10.2 Å². The number of amides is 1. The predicted octanol–water partition coefficient (Wildman–Crippen LogP) is 1.37. The number of carbonyl (C=O) groups is 1. The third-order valence-electron chi connectivity index (χ3n) is 3.88. The molecular formula is C16H24N2O3. The summed E-state index contributed by atoms with van der Waals surface area (Å²) < 4.78 is 10.6. The van der Waals surface area contributed by atoms with Gasteiger partial charge in [0.15, 0.2) is 0 Å². The molecule has 1 fully saturated rings. The van der Waals surface area contributed by atoms with Crippen LogP contribution < -0.4 is 10.1 Å². The van der Waals surface area contributed by atoms with E-state index >= 15 is 0 Å². The van der Waals surface area contributed by atoms with Crippen LogP contribution in [0, 0.1) is 13.8 Å². The lowest BCUT2D eigenvalue weighted by atomic mass is 10.0. The van der Waals surface area contributed by atoms with E-state index in [1.54, 1.807) is 7.11 Å². The lowest BCUT2D eigenvalue weighted by Gasteiger charge is -2.26. The second-order valence-corrected chi connectivity index (χ2v) is 5.35. The van der Waals surface area contributed by atoms with E-state index in [-0.39, 0.29) is 5.91 Å². The molecule has 0 saturated carbocycles. The Kier molecular flexibility index (Phi) is 5.59. The summed E-state index contributed by atoms with van der Waals surface area (Å²) in [5, 5.41) is 2.97. The molecule has 0 radical (unpaired) electrons. The zero-order valence-corrected chi connectivity index (χ0v) is 13.1. The van der Waals surface area contributed by atoms with Gasteiger partial charge < -0.3 is 14.8 Å². The van der Waals surface area contributed by atoms with Gasteiger partial charge in [0.25, 0.3) is 5.91 Å². The van der Waals surface area contributed by atoms with Gasteiger partial charge in [0.05, 0.1) is 25.9 Å². The maximum Gasteiger partial charge on any atom is 0.255 e. The summed E-state index contributed by atoms with van der Waals surface area (Å²) in [5.74, 6) is 0.546. The third-order valence-corrected chi connectivity index (χ3v) is 3.88. The highest BCUT2D eigenvalue weighted by Crippen LogP contribution is 2.22. The second kappa shape index (κ2) is 7.43. The summed E-state index contributed by atoms with van der Waals surface area (Å²) in [7, 11) is 1.59. The molecule has 0 unspecified atom stereocenters. The number of nitrogens with zero attached hydrogens (tertiary/aromatic N) is 1. The molecule has 116 valence electrons. The van der Waals surface area contributed by atoms with Gasteiger partial charge in [0, 0.05) is 26.2 Å². The Morgan fingerprint density at radius 2 is 1.95 bits per heavy atom. The minimum atomic E-state index is -0.0804. The van der Waals surface area contributed by atoms with Gasteiger partial charge in [-0.05, 0) is 37.1 Å². The number of hydrogen-bond donors (Lipinski definition) is 1. The highest BCUT2D eigenvalue weighted by molar-refractivity contribution is 5.97. The van der Waals surface area contributed by atoms with Crippen molar-refractivity contribution in [3.63, 3.8) is 0 Å². The van der Waals surface area contributed by atoms with Gasteiger partial charge in [0.2, 0.25) is 0 Å². The van der Waals surface area contributed by atoms with Crippen LogP contribution in [-0.4, -0.2) is 57.3 Å². The summed E-state index contributed by atoms with van der Waals surface area (Å²) in [6.07, 6.45) is 0. The standard InChI is InChI=1S/C16H24N2O3/c1-12-10-14(15(20-3)11-13(12)2)16(19)17-4-5-18-6-8-21-9-7-18/h10-11H,4-9H2,1-3H3,(H,17,19). The Morgan fingerprint density at radius 1 is 1.29 bits per heavy atom. The number of benzene rings is 1. The van der Waals surface area contributed by atoms with Crippen molar-refractivity contribution in [3.05, 3.63) is 28.8 Å². The fraction of sp³-hybridized carbons (Fsp3) is 0.562. The predicted molar refractivity (Wildman–Crippen MR) is 82.1 cm³/mol. The third kappa shape index (κ3) is 4.19. The molecule has 21 heavy (non-hydrogen) atoms. The van der Waals surface area contributed by atoms with Gasteiger partial charge in [-0.25, -0.2) is 0 Å². The van der Waals surface area contributed by atoms with Gasteiger partial charge >= 0.3 is 0 Å². The Bertz CT molecular complexity index is 497. The van der Waals surface area contributed by atoms with Crippen molar-refractivity contribution >= 4 is 5.91 Å². The topological polar surface area (TPSA) is 50.8 Å². The number of carbonyl (C=O) groups excluding carboxylic acids is 1. The van der Waals surface area contributed by atoms with Crippen molar-refractivity contribution in [2.75, 3.05) is 46.5 Å². The van der Waals surface area contributed by atoms with Crippen LogP contribution in [0.2, 0.25) is 0 Å². The van der Waals surface area contributed by atoms with E-state index in [1.807, 2.05) is 26.0 Å². The number of ether oxygens (including phenoxy) is 2. The largest absolute Gasteiger partial charge is 0.496 e. The Hall–Kier alpha value is -1.59. The molecule has 0 aliphatic carbocycles. The van der Waals surface area contributed by atoms with Gasteiger partial charge in [-0.15, -0.1) is 0 Å². The van der Waals surface area contributed by atoms with Crippen molar-refractivity contribution in [1.29, 1.82) is 0 Å². The zero-order valence-electron chi connectivity index (χ0n) is 13.1. The molecule has 1 aliphatic heterocycles. The lowest BCUT2D eigenvalue weighted by molar-refractivity contribution is 0.0383. The molecule has 0 bridgehead atoms. The number of nitrogens with one attached hydrogen (secondary N) is 1. The van der Waals surface area contributed by atoms with Gasteiger partial charge in [-0.3, -0.25) is 9.69 Å². The molecule has 2 rings (SSSR count). The number of methoxy groups -OCH3 is 1. The lowest BCUT2D eigenvalue weighted by Crippen LogP contribution is -2.41. The highest BCUT2D eigenvalue weighted by atomic mass is 16.5. The monoisotopic (exact) mass is 292 g/mol. The molecule has 0 atom stereocenters. The zero-order chi connectivity index (χ0) is 15.2. The molecule has 0 aromatic heterocycles. The van der Waals surface area contributed by atoms with E-state index in [1.165, 1.54) is 0 Å². The van der Waals surface area contributed by atoms with E-state index in [0.29, 0.717) is 17.9 Å². The number of rotatable bonds is 5. The van der Waals surface area contributed by atoms with E-state index < -0.39 is 0 Å². The molecular weight excluding hydrogens is 268 g/mol. The summed E-state index contributed by atoms with van der Waals surface area (Å²) >= 11 is 0. The average molecular weight is 292 g/mol. The van der Waals surface area contributed by atoms with Crippen LogP contribution in [-0.2, 0) is 4.74 Å². The summed E-state index contributed by atoms with van der Waals surface area (Å²) in [4.78, 5) is 14.6. The van der Waals surface area contributed by atoms with Gasteiger partial charge in [-0.1, -0.05) is 0 Å². The molecule has 5 nitrogen and oxygen atoms in total. The molecule has 1 amide bonds. The van der Waals surface area contributed by atoms with Crippen LogP contribution in [0.5, 0.6) is 5.75 Å². The Balaban J connectivity index is 1.92. The fourth-order valence-corrected chi connectivity index (χ4v) is 2.38. The molecule has 1 heterocycles. The first-order valence-corrected chi connectivity index (χ1v) is 7.35. The van der Waals surface area contributed by atoms with E-state index in [2.05, 4.69) is 10.2 Å². The van der Waals surface area contributed by atoms with Crippen LogP contribution in [0.15, 0.2) is 12.1 Å². The molecule has 1 aromatic rings. The fourth-order valence-electron chi connectivity index (χ4n) is 2.38. The van der Waals surface area contributed by atoms with Crippen molar-refractivity contribution in [2.45, 2.75) is 13.8 Å². The molecule has 1 saturated heterocycles. The Labute approximate surface area is 126 Å².